The van der Waals surface area contributed by atoms with Gasteiger partial charge in [0.2, 0.25) is 0 Å². The Labute approximate surface area is 82.1 Å². The van der Waals surface area contributed by atoms with Crippen LogP contribution in [0.15, 0.2) is 30.8 Å². The fourth-order valence-electron chi connectivity index (χ4n) is 0.923. The summed E-state index contributed by atoms with van der Waals surface area (Å²) in [5.74, 6) is -0.296. The van der Waals surface area contributed by atoms with Crippen molar-refractivity contribution >= 4 is 11.4 Å². The molecule has 1 aromatic rings. The lowest BCUT2D eigenvalue weighted by atomic mass is 10.0. The smallest absolute Gasteiger partial charge is 0.159 e. The van der Waals surface area contributed by atoms with Gasteiger partial charge in [-0.25, -0.2) is 0 Å². The maximum atomic E-state index is 11.4. The fourth-order valence-corrected chi connectivity index (χ4v) is 0.923. The molecule has 0 N–H and O–H groups in total. The Morgan fingerprint density at radius 2 is 2.08 bits per heavy atom. The van der Waals surface area contributed by atoms with E-state index in [9.17, 15) is 4.79 Å². The highest BCUT2D eigenvalue weighted by Gasteiger charge is 2.03. The van der Waals surface area contributed by atoms with Crippen molar-refractivity contribution in [1.82, 2.24) is 0 Å². The number of ether oxygens (including phenoxy) is 1. The highest BCUT2D eigenvalue weighted by molar-refractivity contribution is 6.18. The van der Waals surface area contributed by atoms with E-state index in [1.165, 1.54) is 7.11 Å². The predicted octanol–water partition coefficient (Wildman–Crippen LogP) is 2.30. The number of carbonyl (C=O) groups is 1. The Balaban J connectivity index is 2.93. The largest absolute Gasteiger partial charge is 0.497 e. The number of methoxy groups -OCH3 is 1. The van der Waals surface area contributed by atoms with Crippen molar-refractivity contribution in [3.63, 3.8) is 0 Å². The highest BCUT2D eigenvalue weighted by Crippen LogP contribution is 2.17. The van der Waals surface area contributed by atoms with Crippen molar-refractivity contribution in [3.8, 4) is 5.75 Å². The van der Waals surface area contributed by atoms with Crippen molar-refractivity contribution in [2.45, 2.75) is 6.85 Å². The number of rotatable bonds is 3. The molecule has 68 valence electrons. The summed E-state index contributed by atoms with van der Waals surface area (Å²) in [7, 11) is 1.53. The van der Waals surface area contributed by atoms with E-state index < -0.39 is 12.6 Å². The summed E-state index contributed by atoms with van der Waals surface area (Å²) in [6.07, 6.45) is 0. The van der Waals surface area contributed by atoms with Gasteiger partial charge in [0.25, 0.3) is 0 Å². The predicted molar refractivity (Wildman–Crippen MR) is 52.7 cm³/mol. The molecule has 0 amide bonds. The molecule has 0 saturated heterocycles. The number of carbonyl (C=O) groups excluding carboxylic acids is 1. The lowest BCUT2D eigenvalue weighted by Crippen LogP contribution is -1.93. The van der Waals surface area contributed by atoms with Gasteiger partial charge in [-0.2, -0.15) is 0 Å². The van der Waals surface area contributed by atoms with E-state index in [1.54, 1.807) is 24.3 Å². The van der Waals surface area contributed by atoms with E-state index >= 15 is 0 Å². The molecule has 0 aliphatic carbocycles. The second-order valence-electron chi connectivity index (χ2n) is 2.54. The molecule has 2 nitrogen and oxygen atoms in total. The van der Waals surface area contributed by atoms with Gasteiger partial charge in [0.15, 0.2) is 5.78 Å². The van der Waals surface area contributed by atoms with E-state index in [0.717, 1.165) is 0 Å². The molecular formula is C11H12O2. The van der Waals surface area contributed by atoms with E-state index in [2.05, 4.69) is 6.58 Å². The Hall–Kier alpha value is -1.57. The molecule has 0 saturated carbocycles. The molecule has 0 bridgehead atoms. The van der Waals surface area contributed by atoms with E-state index in [1.807, 2.05) is 0 Å². The van der Waals surface area contributed by atoms with Gasteiger partial charge >= 0.3 is 0 Å². The molecule has 0 spiro atoms. The maximum absolute atomic E-state index is 11.4. The molecule has 2 heteroatoms. The Bertz CT molecular complexity index is 404. The van der Waals surface area contributed by atoms with Crippen molar-refractivity contribution in [2.24, 2.45) is 0 Å². The van der Waals surface area contributed by atoms with Crippen LogP contribution in [0.5, 0.6) is 5.75 Å². The van der Waals surface area contributed by atoms with Gasteiger partial charge in [-0.15, -0.1) is 0 Å². The SMILES string of the molecule is [2H]C([2H])([2H])C(=O)C(=C)c1ccc(OC)cc1. The van der Waals surface area contributed by atoms with Gasteiger partial charge in [-0.05, 0) is 24.5 Å². The highest BCUT2D eigenvalue weighted by atomic mass is 16.5. The molecule has 1 aromatic carbocycles. The molecule has 13 heavy (non-hydrogen) atoms. The first-order valence-electron chi connectivity index (χ1n) is 5.24. The van der Waals surface area contributed by atoms with Gasteiger partial charge in [0.1, 0.15) is 5.75 Å². The topological polar surface area (TPSA) is 26.3 Å². The van der Waals surface area contributed by atoms with E-state index in [4.69, 9.17) is 8.85 Å². The summed E-state index contributed by atoms with van der Waals surface area (Å²) in [6, 6.07) is 6.50. The van der Waals surface area contributed by atoms with Crippen molar-refractivity contribution in [3.05, 3.63) is 36.4 Å². The van der Waals surface area contributed by atoms with Crippen LogP contribution in [-0.2, 0) is 4.79 Å². The number of hydrogen-bond donors (Lipinski definition) is 0. The standard InChI is InChI=1S/C11H12O2/c1-8(9(2)12)10-4-6-11(13-3)7-5-10/h4-7H,1H2,2-3H3/i2D3. The Morgan fingerprint density at radius 1 is 1.46 bits per heavy atom. The second-order valence-corrected chi connectivity index (χ2v) is 2.54. The summed E-state index contributed by atoms with van der Waals surface area (Å²) in [5.41, 5.74) is 0.476. The summed E-state index contributed by atoms with van der Waals surface area (Å²) < 4.78 is 25.9. The molecular weight excluding hydrogens is 164 g/mol. The monoisotopic (exact) mass is 179 g/mol. The van der Waals surface area contributed by atoms with Crippen LogP contribution in [0.2, 0.25) is 0 Å². The van der Waals surface area contributed by atoms with Gasteiger partial charge in [0, 0.05) is 9.69 Å². The second kappa shape index (κ2) is 3.90. The summed E-state index contributed by atoms with van der Waals surface area (Å²) in [4.78, 5) is 11.4. The van der Waals surface area contributed by atoms with Gasteiger partial charge in [0.05, 0.1) is 7.11 Å². The average molecular weight is 179 g/mol. The molecule has 0 aliphatic rings. The van der Waals surface area contributed by atoms with Crippen LogP contribution in [0.4, 0.5) is 0 Å². The van der Waals surface area contributed by atoms with Crippen molar-refractivity contribution in [2.75, 3.05) is 7.11 Å². The van der Waals surface area contributed by atoms with Crippen LogP contribution in [0, 0.1) is 0 Å². The number of benzene rings is 1. The van der Waals surface area contributed by atoms with E-state index in [-0.39, 0.29) is 5.57 Å². The summed E-state index contributed by atoms with van der Waals surface area (Å²) in [5, 5.41) is 0. The normalized spacial score (nSPS) is 13.8. The van der Waals surface area contributed by atoms with Gasteiger partial charge in [-0.1, -0.05) is 18.7 Å². The van der Waals surface area contributed by atoms with Crippen LogP contribution in [0.3, 0.4) is 0 Å². The fraction of sp³-hybridized carbons (Fsp3) is 0.182. The van der Waals surface area contributed by atoms with Crippen LogP contribution in [0.1, 0.15) is 16.5 Å². The van der Waals surface area contributed by atoms with Gasteiger partial charge in [-0.3, -0.25) is 4.79 Å². The number of Topliss-reactive ketones (excluding diaryl/α,β-unsaturated/α-hetero) is 1. The zero-order valence-electron chi connectivity index (χ0n) is 10.3. The molecule has 0 unspecified atom stereocenters. The quantitative estimate of drug-likeness (QED) is 0.665. The van der Waals surface area contributed by atoms with Gasteiger partial charge < -0.3 is 4.74 Å². The third-order valence-corrected chi connectivity index (χ3v) is 1.71. The number of allylic oxidation sites excluding steroid dienone is 1. The van der Waals surface area contributed by atoms with Crippen LogP contribution in [-0.4, -0.2) is 12.9 Å². The number of ketones is 1. The third kappa shape index (κ3) is 2.18. The Kier molecular flexibility index (Phi) is 1.79. The molecule has 0 aliphatic heterocycles. The molecule has 0 atom stereocenters. The van der Waals surface area contributed by atoms with Crippen LogP contribution in [0.25, 0.3) is 5.57 Å². The van der Waals surface area contributed by atoms with E-state index in [0.29, 0.717) is 11.3 Å². The number of hydrogen-bond acceptors (Lipinski definition) is 2. The lowest BCUT2D eigenvalue weighted by Gasteiger charge is -2.03. The summed E-state index contributed by atoms with van der Waals surface area (Å²) >= 11 is 0. The zero-order chi connectivity index (χ0) is 12.3. The molecule has 0 fully saturated rings. The molecule has 0 heterocycles. The minimum absolute atomic E-state index is 0.0114. The first kappa shape index (κ1) is 5.97. The first-order valence-corrected chi connectivity index (χ1v) is 3.74. The first-order chi connectivity index (χ1) is 7.36. The zero-order valence-corrected chi connectivity index (χ0v) is 7.33. The molecule has 0 radical (unpaired) electrons. The third-order valence-electron chi connectivity index (χ3n) is 1.71. The molecule has 0 aromatic heterocycles. The minimum Gasteiger partial charge on any atom is -0.497 e. The Morgan fingerprint density at radius 3 is 2.54 bits per heavy atom. The summed E-state index contributed by atoms with van der Waals surface area (Å²) in [6.45, 7) is 0.855. The van der Waals surface area contributed by atoms with Crippen LogP contribution >= 0.6 is 0 Å². The molecule has 1 rings (SSSR count). The lowest BCUT2D eigenvalue weighted by molar-refractivity contribution is -0.111. The van der Waals surface area contributed by atoms with Crippen molar-refractivity contribution < 1.29 is 13.6 Å². The average Bonchev–Trinajstić information content (AvgIpc) is 2.26. The van der Waals surface area contributed by atoms with Crippen LogP contribution < -0.4 is 4.74 Å². The van der Waals surface area contributed by atoms with Crippen molar-refractivity contribution in [1.29, 1.82) is 0 Å². The minimum atomic E-state index is -2.64. The maximum Gasteiger partial charge on any atom is 0.159 e.